The Morgan fingerprint density at radius 1 is 1.00 bits per heavy atom. The van der Waals surface area contributed by atoms with E-state index in [1.807, 2.05) is 13.8 Å². The molecule has 0 saturated carbocycles. The summed E-state index contributed by atoms with van der Waals surface area (Å²) in [4.78, 5) is 0. The van der Waals surface area contributed by atoms with Crippen LogP contribution in [0, 0.1) is 5.41 Å². The van der Waals surface area contributed by atoms with Gasteiger partial charge in [-0.15, -0.1) is 0 Å². The van der Waals surface area contributed by atoms with Crippen molar-refractivity contribution in [3.63, 3.8) is 0 Å². The highest BCUT2D eigenvalue weighted by molar-refractivity contribution is 4.74. The summed E-state index contributed by atoms with van der Waals surface area (Å²) in [7, 11) is 0. The summed E-state index contributed by atoms with van der Waals surface area (Å²) in [6, 6.07) is 0. The van der Waals surface area contributed by atoms with E-state index >= 15 is 0 Å². The summed E-state index contributed by atoms with van der Waals surface area (Å²) in [6.07, 6.45) is 3.38. The zero-order chi connectivity index (χ0) is 9.83. The highest BCUT2D eigenvalue weighted by Crippen LogP contribution is 2.24. The van der Waals surface area contributed by atoms with Gasteiger partial charge in [0.15, 0.2) is 0 Å². The fourth-order valence-electron chi connectivity index (χ4n) is 1.12. The van der Waals surface area contributed by atoms with Crippen LogP contribution in [0.3, 0.4) is 0 Å². The molecule has 0 aliphatic carbocycles. The molecule has 74 valence electrons. The molecule has 0 aromatic heterocycles. The van der Waals surface area contributed by atoms with E-state index < -0.39 is 0 Å². The molecule has 0 bridgehead atoms. The van der Waals surface area contributed by atoms with Crippen LogP contribution in [-0.2, 0) is 0 Å². The quantitative estimate of drug-likeness (QED) is 0.641. The molecule has 0 radical (unpaired) electrons. The molecule has 0 spiro atoms. The molecule has 12 heavy (non-hydrogen) atoms. The SMILES string of the molecule is CC(C)(C)CCCC(C)(C)NO. The third-order valence-electron chi connectivity index (χ3n) is 2.03. The van der Waals surface area contributed by atoms with Crippen LogP contribution in [0.1, 0.15) is 53.9 Å². The smallest absolute Gasteiger partial charge is 0.0373 e. The number of nitrogens with one attached hydrogen (secondary N) is 1. The first-order chi connectivity index (χ1) is 5.27. The Hall–Kier alpha value is -0.0800. The summed E-state index contributed by atoms with van der Waals surface area (Å²) in [5, 5.41) is 8.77. The second-order valence-corrected chi connectivity index (χ2v) is 5.41. The van der Waals surface area contributed by atoms with Crippen LogP contribution < -0.4 is 5.48 Å². The normalized spacial score (nSPS) is 13.5. The van der Waals surface area contributed by atoms with Crippen LogP contribution in [0.5, 0.6) is 0 Å². The highest BCUT2D eigenvalue weighted by atomic mass is 16.5. The minimum atomic E-state index is -0.134. The van der Waals surface area contributed by atoms with Gasteiger partial charge in [0.1, 0.15) is 0 Å². The number of hydroxylamine groups is 1. The van der Waals surface area contributed by atoms with Gasteiger partial charge in [0.25, 0.3) is 0 Å². The molecular weight excluding hydrogens is 150 g/mol. The van der Waals surface area contributed by atoms with Crippen molar-refractivity contribution >= 4 is 0 Å². The predicted octanol–water partition coefficient (Wildman–Crippen LogP) is 2.96. The Morgan fingerprint density at radius 3 is 1.83 bits per heavy atom. The van der Waals surface area contributed by atoms with Gasteiger partial charge in [0.05, 0.1) is 0 Å². The van der Waals surface area contributed by atoms with E-state index in [2.05, 4.69) is 26.3 Å². The Labute approximate surface area is 76.3 Å². The number of hydrogen-bond acceptors (Lipinski definition) is 2. The standard InChI is InChI=1S/C10H23NO/c1-9(2,3)7-6-8-10(4,5)11-12/h11-12H,6-8H2,1-5H3. The minimum Gasteiger partial charge on any atom is -0.316 e. The maximum atomic E-state index is 8.77. The molecule has 2 nitrogen and oxygen atoms in total. The van der Waals surface area contributed by atoms with Gasteiger partial charge < -0.3 is 5.21 Å². The van der Waals surface area contributed by atoms with Crippen LogP contribution in [0.2, 0.25) is 0 Å². The van der Waals surface area contributed by atoms with Crippen molar-refractivity contribution in [2.24, 2.45) is 5.41 Å². The lowest BCUT2D eigenvalue weighted by Crippen LogP contribution is -2.36. The van der Waals surface area contributed by atoms with Crippen LogP contribution in [0.25, 0.3) is 0 Å². The van der Waals surface area contributed by atoms with E-state index in [0.717, 1.165) is 12.8 Å². The average Bonchev–Trinajstić information content (AvgIpc) is 1.84. The van der Waals surface area contributed by atoms with Gasteiger partial charge >= 0.3 is 0 Å². The maximum absolute atomic E-state index is 8.77. The lowest BCUT2D eigenvalue weighted by molar-refractivity contribution is 0.0733. The third-order valence-corrected chi connectivity index (χ3v) is 2.03. The Bertz CT molecular complexity index is 124. The van der Waals surface area contributed by atoms with Crippen LogP contribution in [0.15, 0.2) is 0 Å². The molecule has 2 heteroatoms. The average molecular weight is 173 g/mol. The first kappa shape index (κ1) is 11.9. The molecule has 0 aromatic rings. The van der Waals surface area contributed by atoms with Gasteiger partial charge in [-0.05, 0) is 32.1 Å². The van der Waals surface area contributed by atoms with E-state index in [9.17, 15) is 0 Å². The van der Waals surface area contributed by atoms with Crippen molar-refractivity contribution in [1.82, 2.24) is 5.48 Å². The van der Waals surface area contributed by atoms with E-state index in [4.69, 9.17) is 5.21 Å². The topological polar surface area (TPSA) is 32.3 Å². The van der Waals surface area contributed by atoms with E-state index in [0.29, 0.717) is 5.41 Å². The summed E-state index contributed by atoms with van der Waals surface area (Å²) in [5.41, 5.74) is 2.60. The Morgan fingerprint density at radius 2 is 1.50 bits per heavy atom. The van der Waals surface area contributed by atoms with Gasteiger partial charge in [-0.2, -0.15) is 0 Å². The largest absolute Gasteiger partial charge is 0.316 e. The fraction of sp³-hybridized carbons (Fsp3) is 1.00. The molecule has 2 N–H and O–H groups in total. The summed E-state index contributed by atoms with van der Waals surface area (Å²) >= 11 is 0. The van der Waals surface area contributed by atoms with Crippen molar-refractivity contribution < 1.29 is 5.21 Å². The van der Waals surface area contributed by atoms with Gasteiger partial charge in [0.2, 0.25) is 0 Å². The van der Waals surface area contributed by atoms with Crippen molar-refractivity contribution in [2.75, 3.05) is 0 Å². The first-order valence-corrected chi connectivity index (χ1v) is 4.68. The molecule has 0 atom stereocenters. The Kier molecular flexibility index (Phi) is 4.21. The van der Waals surface area contributed by atoms with Crippen LogP contribution in [0.4, 0.5) is 0 Å². The summed E-state index contributed by atoms with van der Waals surface area (Å²) in [6.45, 7) is 10.7. The van der Waals surface area contributed by atoms with Crippen molar-refractivity contribution in [1.29, 1.82) is 0 Å². The molecule has 0 aromatic carbocycles. The molecule has 0 heterocycles. The molecule has 0 amide bonds. The second kappa shape index (κ2) is 4.24. The molecule has 0 fully saturated rings. The van der Waals surface area contributed by atoms with Gasteiger partial charge in [-0.25, -0.2) is 5.48 Å². The lowest BCUT2D eigenvalue weighted by Gasteiger charge is -2.25. The monoisotopic (exact) mass is 173 g/mol. The van der Waals surface area contributed by atoms with E-state index in [-0.39, 0.29) is 5.54 Å². The zero-order valence-electron chi connectivity index (χ0n) is 9.07. The molecule has 0 saturated heterocycles. The summed E-state index contributed by atoms with van der Waals surface area (Å²) < 4.78 is 0. The molecule has 0 rings (SSSR count). The van der Waals surface area contributed by atoms with Crippen molar-refractivity contribution in [3.8, 4) is 0 Å². The van der Waals surface area contributed by atoms with Crippen LogP contribution in [-0.4, -0.2) is 10.7 Å². The predicted molar refractivity (Wildman–Crippen MR) is 52.3 cm³/mol. The fourth-order valence-corrected chi connectivity index (χ4v) is 1.12. The molecule has 0 aliphatic heterocycles. The number of rotatable bonds is 4. The highest BCUT2D eigenvalue weighted by Gasteiger charge is 2.17. The van der Waals surface area contributed by atoms with E-state index in [1.54, 1.807) is 0 Å². The summed E-state index contributed by atoms with van der Waals surface area (Å²) in [5.74, 6) is 0. The second-order valence-electron chi connectivity index (χ2n) is 5.41. The van der Waals surface area contributed by atoms with Crippen LogP contribution >= 0.6 is 0 Å². The zero-order valence-corrected chi connectivity index (χ0v) is 9.07. The number of hydrogen-bond donors (Lipinski definition) is 2. The van der Waals surface area contributed by atoms with Crippen molar-refractivity contribution in [2.45, 2.75) is 59.4 Å². The molecular formula is C10H23NO. The van der Waals surface area contributed by atoms with Gasteiger partial charge in [-0.1, -0.05) is 27.2 Å². The maximum Gasteiger partial charge on any atom is 0.0373 e. The molecule has 0 aliphatic rings. The molecule has 0 unspecified atom stereocenters. The Balaban J connectivity index is 3.57. The van der Waals surface area contributed by atoms with Gasteiger partial charge in [0, 0.05) is 5.54 Å². The lowest BCUT2D eigenvalue weighted by atomic mass is 9.87. The van der Waals surface area contributed by atoms with Crippen molar-refractivity contribution in [3.05, 3.63) is 0 Å². The third kappa shape index (κ3) is 6.62. The van der Waals surface area contributed by atoms with E-state index in [1.165, 1.54) is 6.42 Å². The van der Waals surface area contributed by atoms with Gasteiger partial charge in [-0.3, -0.25) is 0 Å². The minimum absolute atomic E-state index is 0.134. The first-order valence-electron chi connectivity index (χ1n) is 4.68.